The first-order chi connectivity index (χ1) is 6.74. The first-order valence-corrected chi connectivity index (χ1v) is 4.94. The van der Waals surface area contributed by atoms with Crippen LogP contribution in [0.3, 0.4) is 0 Å². The largest absolute Gasteiger partial charge is 0.354 e. The highest BCUT2D eigenvalue weighted by atomic mass is 32.2. The van der Waals surface area contributed by atoms with Gasteiger partial charge in [-0.05, 0) is 5.53 Å². The van der Waals surface area contributed by atoms with Crippen LogP contribution in [0.2, 0.25) is 0 Å². The van der Waals surface area contributed by atoms with Gasteiger partial charge < -0.3 is 10.6 Å². The van der Waals surface area contributed by atoms with Gasteiger partial charge in [-0.3, -0.25) is 9.59 Å². The molecule has 0 aromatic carbocycles. The van der Waals surface area contributed by atoms with Crippen LogP contribution in [0.1, 0.15) is 0 Å². The zero-order valence-corrected chi connectivity index (χ0v) is 8.08. The Morgan fingerprint density at radius 3 is 3.21 bits per heavy atom. The lowest BCUT2D eigenvalue weighted by molar-refractivity contribution is -0.122. The van der Waals surface area contributed by atoms with Crippen molar-refractivity contribution in [1.82, 2.24) is 10.6 Å². The van der Waals surface area contributed by atoms with E-state index in [4.69, 9.17) is 5.53 Å². The molecule has 1 atom stereocenters. The molecule has 2 amide bonds. The highest BCUT2D eigenvalue weighted by molar-refractivity contribution is 8.14. The molecule has 0 aliphatic carbocycles. The Morgan fingerprint density at radius 1 is 1.86 bits per heavy atom. The average molecular weight is 215 g/mol. The average Bonchev–Trinajstić information content (AvgIpc) is 2.59. The van der Waals surface area contributed by atoms with Gasteiger partial charge in [0.1, 0.15) is 6.04 Å². The van der Waals surface area contributed by atoms with Gasteiger partial charge in [-0.25, -0.2) is 0 Å². The van der Waals surface area contributed by atoms with E-state index in [0.29, 0.717) is 12.3 Å². The molecular formula is C6H9N5O2S. The highest BCUT2D eigenvalue weighted by Crippen LogP contribution is 2.12. The molecule has 1 rings (SSSR count). The van der Waals surface area contributed by atoms with E-state index in [1.807, 2.05) is 0 Å². The van der Waals surface area contributed by atoms with Crippen LogP contribution in [-0.2, 0) is 4.79 Å². The second-order valence-corrected chi connectivity index (χ2v) is 3.53. The molecule has 1 aliphatic rings. The molecule has 0 saturated carbocycles. The lowest BCUT2D eigenvalue weighted by Gasteiger charge is -2.08. The highest BCUT2D eigenvalue weighted by Gasteiger charge is 2.27. The van der Waals surface area contributed by atoms with E-state index in [1.165, 1.54) is 0 Å². The fourth-order valence-corrected chi connectivity index (χ4v) is 1.70. The molecule has 1 heterocycles. The maximum absolute atomic E-state index is 11.3. The van der Waals surface area contributed by atoms with Crippen LogP contribution in [0.25, 0.3) is 10.4 Å². The summed E-state index contributed by atoms with van der Waals surface area (Å²) in [4.78, 5) is 24.6. The molecule has 1 fully saturated rings. The van der Waals surface area contributed by atoms with Crippen LogP contribution in [0.15, 0.2) is 5.11 Å². The number of rotatable bonds is 4. The second-order valence-electron chi connectivity index (χ2n) is 2.54. The van der Waals surface area contributed by atoms with Gasteiger partial charge in [-0.2, -0.15) is 0 Å². The number of carbonyl (C=O) groups is 2. The first kappa shape index (κ1) is 10.7. The van der Waals surface area contributed by atoms with E-state index >= 15 is 0 Å². The van der Waals surface area contributed by atoms with Crippen LogP contribution >= 0.6 is 11.8 Å². The van der Waals surface area contributed by atoms with E-state index in [9.17, 15) is 9.59 Å². The fourth-order valence-electron chi connectivity index (χ4n) is 0.923. The third-order valence-corrected chi connectivity index (χ3v) is 2.44. The van der Waals surface area contributed by atoms with Gasteiger partial charge in [0.15, 0.2) is 0 Å². The third kappa shape index (κ3) is 3.15. The predicted octanol–water partition coefficient (Wildman–Crippen LogP) is 0.238. The number of nitrogens with zero attached hydrogens (tertiary/aromatic N) is 3. The summed E-state index contributed by atoms with van der Waals surface area (Å²) in [5.74, 6) is 0.211. The minimum atomic E-state index is -0.460. The van der Waals surface area contributed by atoms with Crippen molar-refractivity contribution in [3.63, 3.8) is 0 Å². The minimum absolute atomic E-state index is 0.180. The Balaban J connectivity index is 2.21. The molecule has 1 saturated heterocycles. The topological polar surface area (TPSA) is 107 Å². The van der Waals surface area contributed by atoms with Gasteiger partial charge in [0.2, 0.25) is 5.91 Å². The molecule has 0 aromatic rings. The number of hydrogen-bond donors (Lipinski definition) is 2. The summed E-state index contributed by atoms with van der Waals surface area (Å²) in [6, 6.07) is -0.460. The van der Waals surface area contributed by atoms with Crippen LogP contribution in [0, 0.1) is 0 Å². The smallest absolute Gasteiger partial charge is 0.279 e. The van der Waals surface area contributed by atoms with E-state index in [1.54, 1.807) is 0 Å². The summed E-state index contributed by atoms with van der Waals surface area (Å²) >= 11 is 1.08. The number of nitrogens with one attached hydrogen (secondary N) is 2. The molecule has 2 N–H and O–H groups in total. The third-order valence-electron chi connectivity index (χ3n) is 1.56. The van der Waals surface area contributed by atoms with Crippen molar-refractivity contribution in [3.05, 3.63) is 10.4 Å². The lowest BCUT2D eigenvalue weighted by Crippen LogP contribution is -2.43. The van der Waals surface area contributed by atoms with Crippen molar-refractivity contribution in [2.75, 3.05) is 18.8 Å². The van der Waals surface area contributed by atoms with Crippen molar-refractivity contribution >= 4 is 22.9 Å². The fraction of sp³-hybridized carbons (Fsp3) is 0.667. The molecule has 0 radical (unpaired) electrons. The number of hydrogen-bond acceptors (Lipinski definition) is 4. The van der Waals surface area contributed by atoms with Gasteiger partial charge in [-0.15, -0.1) is 0 Å². The molecule has 0 aromatic heterocycles. The Hall–Kier alpha value is -1.40. The second kappa shape index (κ2) is 5.36. The molecule has 8 heteroatoms. The Labute approximate surface area is 84.2 Å². The van der Waals surface area contributed by atoms with E-state index in [2.05, 4.69) is 20.7 Å². The minimum Gasteiger partial charge on any atom is -0.354 e. The van der Waals surface area contributed by atoms with E-state index in [-0.39, 0.29) is 17.7 Å². The summed E-state index contributed by atoms with van der Waals surface area (Å²) in [7, 11) is 0. The quantitative estimate of drug-likeness (QED) is 0.303. The molecule has 0 spiro atoms. The molecule has 1 aliphatic heterocycles. The number of carbonyl (C=O) groups excluding carboxylic acids is 2. The summed E-state index contributed by atoms with van der Waals surface area (Å²) in [5, 5.41) is 8.13. The first-order valence-electron chi connectivity index (χ1n) is 3.96. The lowest BCUT2D eigenvalue weighted by atomic mass is 10.3. The SMILES string of the molecule is [N-]=[N+]=NCCNC(=O)C1CSC(=O)N1. The molecule has 76 valence electrons. The van der Waals surface area contributed by atoms with Crippen LogP contribution in [0.4, 0.5) is 4.79 Å². The number of amides is 2. The number of azide groups is 1. The Bertz CT molecular complexity index is 288. The maximum Gasteiger partial charge on any atom is 0.279 e. The van der Waals surface area contributed by atoms with Gasteiger partial charge in [0, 0.05) is 23.8 Å². The van der Waals surface area contributed by atoms with Gasteiger partial charge in [0.25, 0.3) is 5.24 Å². The zero-order chi connectivity index (χ0) is 10.4. The van der Waals surface area contributed by atoms with Crippen molar-refractivity contribution in [1.29, 1.82) is 0 Å². The van der Waals surface area contributed by atoms with Crippen molar-refractivity contribution in [2.45, 2.75) is 6.04 Å². The summed E-state index contributed by atoms with van der Waals surface area (Å²) in [6.45, 7) is 0.510. The molecule has 0 bridgehead atoms. The van der Waals surface area contributed by atoms with Crippen LogP contribution in [0.5, 0.6) is 0 Å². The van der Waals surface area contributed by atoms with Gasteiger partial charge >= 0.3 is 0 Å². The van der Waals surface area contributed by atoms with Crippen LogP contribution < -0.4 is 10.6 Å². The maximum atomic E-state index is 11.3. The summed E-state index contributed by atoms with van der Waals surface area (Å²) in [6.07, 6.45) is 0. The standard InChI is InChI=1S/C6H9N5O2S/c7-11-9-2-1-8-5(12)4-3-14-6(13)10-4/h4H,1-3H2,(H,8,12)(H,10,13). The van der Waals surface area contributed by atoms with Crippen LogP contribution in [-0.4, -0.2) is 36.0 Å². The predicted molar refractivity (Wildman–Crippen MR) is 51.8 cm³/mol. The molecule has 7 nitrogen and oxygen atoms in total. The molecule has 1 unspecified atom stereocenters. The van der Waals surface area contributed by atoms with Gasteiger partial charge in [0.05, 0.1) is 0 Å². The van der Waals surface area contributed by atoms with E-state index < -0.39 is 6.04 Å². The van der Waals surface area contributed by atoms with Crippen molar-refractivity contribution in [2.24, 2.45) is 5.11 Å². The Morgan fingerprint density at radius 2 is 2.64 bits per heavy atom. The van der Waals surface area contributed by atoms with Gasteiger partial charge in [-0.1, -0.05) is 16.9 Å². The summed E-state index contributed by atoms with van der Waals surface area (Å²) < 4.78 is 0. The van der Waals surface area contributed by atoms with Crippen molar-refractivity contribution < 1.29 is 9.59 Å². The summed E-state index contributed by atoms with van der Waals surface area (Å²) in [5.41, 5.74) is 7.96. The zero-order valence-electron chi connectivity index (χ0n) is 7.27. The van der Waals surface area contributed by atoms with Crippen molar-refractivity contribution in [3.8, 4) is 0 Å². The monoisotopic (exact) mass is 215 g/mol. The molecule has 14 heavy (non-hydrogen) atoms. The Kier molecular flexibility index (Phi) is 4.09. The number of thioether (sulfide) groups is 1. The molecular weight excluding hydrogens is 206 g/mol. The van der Waals surface area contributed by atoms with E-state index in [0.717, 1.165) is 11.8 Å². The normalized spacial score (nSPS) is 19.7.